The number of nitrogens with one attached hydrogen (secondary N) is 3. The Morgan fingerprint density at radius 2 is 1.73 bits per heavy atom. The van der Waals surface area contributed by atoms with Crippen LogP contribution in [0.1, 0.15) is 41.3 Å². The van der Waals surface area contributed by atoms with Gasteiger partial charge in [-0.15, -0.1) is 0 Å². The van der Waals surface area contributed by atoms with E-state index in [0.717, 1.165) is 11.3 Å². The summed E-state index contributed by atoms with van der Waals surface area (Å²) in [5.41, 5.74) is 8.20. The molecule has 0 bridgehead atoms. The van der Waals surface area contributed by atoms with Crippen LogP contribution in [0.3, 0.4) is 0 Å². The summed E-state index contributed by atoms with van der Waals surface area (Å²) < 4.78 is 5.83. The van der Waals surface area contributed by atoms with Gasteiger partial charge in [0.1, 0.15) is 12.4 Å². The van der Waals surface area contributed by atoms with Gasteiger partial charge in [-0.3, -0.25) is 25.8 Å². The van der Waals surface area contributed by atoms with Crippen LogP contribution in [-0.4, -0.2) is 15.9 Å². The lowest BCUT2D eigenvalue weighted by atomic mass is 10.0. The molecule has 0 aromatic heterocycles. The lowest BCUT2D eigenvalue weighted by molar-refractivity contribution is -0.384. The molecule has 0 saturated heterocycles. The van der Waals surface area contributed by atoms with Gasteiger partial charge in [0.25, 0.3) is 11.6 Å². The average molecular weight is 465 g/mol. The second kappa shape index (κ2) is 11.1. The Morgan fingerprint density at radius 1 is 1.03 bits per heavy atom. The van der Waals surface area contributed by atoms with E-state index < -0.39 is 4.92 Å². The number of hydrogen-bond acceptors (Lipinski definition) is 5. The predicted molar refractivity (Wildman–Crippen MR) is 131 cm³/mol. The molecule has 0 fully saturated rings. The smallest absolute Gasteiger partial charge is 0.269 e. The highest BCUT2D eigenvalue weighted by Crippen LogP contribution is 2.20. The molecule has 0 radical (unpaired) electrons. The molecule has 0 aliphatic carbocycles. The van der Waals surface area contributed by atoms with Crippen LogP contribution in [0.25, 0.3) is 0 Å². The molecule has 0 unspecified atom stereocenters. The number of benzene rings is 3. The van der Waals surface area contributed by atoms with Crippen LogP contribution in [-0.2, 0) is 6.61 Å². The van der Waals surface area contributed by atoms with Crippen molar-refractivity contribution in [2.75, 3.05) is 5.32 Å². The summed E-state index contributed by atoms with van der Waals surface area (Å²) in [6, 6.07) is 20.8. The first-order valence-electron chi connectivity index (χ1n) is 10.3. The van der Waals surface area contributed by atoms with Crippen molar-refractivity contribution in [1.82, 2.24) is 10.9 Å². The lowest BCUT2D eigenvalue weighted by Crippen LogP contribution is -2.43. The average Bonchev–Trinajstić information content (AvgIpc) is 2.82. The van der Waals surface area contributed by atoms with Gasteiger partial charge in [0, 0.05) is 23.4 Å². The fraction of sp³-hybridized carbons (Fsp3) is 0.167. The molecule has 0 spiro atoms. The minimum Gasteiger partial charge on any atom is -0.489 e. The summed E-state index contributed by atoms with van der Waals surface area (Å²) in [5, 5.41) is 13.7. The Hall–Kier alpha value is -3.98. The fourth-order valence-electron chi connectivity index (χ4n) is 2.93. The second-order valence-corrected chi connectivity index (χ2v) is 7.96. The van der Waals surface area contributed by atoms with Crippen LogP contribution < -0.4 is 20.9 Å². The van der Waals surface area contributed by atoms with Gasteiger partial charge in [-0.25, -0.2) is 0 Å². The van der Waals surface area contributed by atoms with Gasteiger partial charge in [0.15, 0.2) is 5.11 Å². The minimum absolute atomic E-state index is 0.0239. The van der Waals surface area contributed by atoms with Crippen LogP contribution in [0.15, 0.2) is 72.8 Å². The molecule has 3 aromatic rings. The topological polar surface area (TPSA) is 106 Å². The number of carbonyl (C=O) groups excluding carboxylic acids is 1. The van der Waals surface area contributed by atoms with Gasteiger partial charge in [0.2, 0.25) is 0 Å². The molecule has 9 heteroatoms. The van der Waals surface area contributed by atoms with E-state index in [0.29, 0.717) is 23.8 Å². The molecule has 3 aromatic carbocycles. The Morgan fingerprint density at radius 3 is 2.36 bits per heavy atom. The summed E-state index contributed by atoms with van der Waals surface area (Å²) in [6.45, 7) is 4.61. The highest BCUT2D eigenvalue weighted by atomic mass is 32.1. The molecular formula is C24H24N4O4S. The summed E-state index contributed by atoms with van der Waals surface area (Å²) in [6.07, 6.45) is 0. The van der Waals surface area contributed by atoms with E-state index in [-0.39, 0.29) is 16.7 Å². The zero-order valence-corrected chi connectivity index (χ0v) is 19.0. The minimum atomic E-state index is -0.484. The van der Waals surface area contributed by atoms with Gasteiger partial charge in [-0.2, -0.15) is 0 Å². The number of nitro benzene ring substituents is 1. The van der Waals surface area contributed by atoms with Crippen LogP contribution >= 0.6 is 12.2 Å². The third-order valence-electron chi connectivity index (χ3n) is 4.77. The van der Waals surface area contributed by atoms with Gasteiger partial charge in [0.05, 0.1) is 4.92 Å². The zero-order chi connectivity index (χ0) is 23.8. The normalized spacial score (nSPS) is 10.4. The third kappa shape index (κ3) is 7.01. The Kier molecular flexibility index (Phi) is 7.93. The number of amides is 1. The Balaban J connectivity index is 1.50. The van der Waals surface area contributed by atoms with E-state index in [4.69, 9.17) is 17.0 Å². The van der Waals surface area contributed by atoms with E-state index in [1.165, 1.54) is 29.8 Å². The summed E-state index contributed by atoms with van der Waals surface area (Å²) in [7, 11) is 0. The van der Waals surface area contributed by atoms with Crippen molar-refractivity contribution in [3.63, 3.8) is 0 Å². The van der Waals surface area contributed by atoms with Crippen LogP contribution in [0, 0.1) is 10.1 Å². The SMILES string of the molecule is CC(C)c1ccc(OCc2cccc(C(=O)NNC(=S)Nc3ccc([N+](=O)[O-])cc3)c2)cc1. The van der Waals surface area contributed by atoms with Crippen LogP contribution in [0.5, 0.6) is 5.75 Å². The van der Waals surface area contributed by atoms with Crippen molar-refractivity contribution in [3.05, 3.63) is 99.6 Å². The molecule has 0 saturated carbocycles. The molecule has 0 heterocycles. The maximum absolute atomic E-state index is 12.5. The van der Waals surface area contributed by atoms with E-state index in [2.05, 4.69) is 30.0 Å². The number of hydrogen-bond donors (Lipinski definition) is 3. The third-order valence-corrected chi connectivity index (χ3v) is 4.97. The summed E-state index contributed by atoms with van der Waals surface area (Å²) in [5.74, 6) is 0.852. The number of anilines is 1. The number of nitro groups is 1. The summed E-state index contributed by atoms with van der Waals surface area (Å²) >= 11 is 5.14. The first-order valence-corrected chi connectivity index (χ1v) is 10.7. The molecular weight excluding hydrogens is 440 g/mol. The zero-order valence-electron chi connectivity index (χ0n) is 18.2. The second-order valence-electron chi connectivity index (χ2n) is 7.55. The quantitative estimate of drug-likeness (QED) is 0.259. The summed E-state index contributed by atoms with van der Waals surface area (Å²) in [4.78, 5) is 22.7. The molecule has 170 valence electrons. The standard InChI is InChI=1S/C24H24N4O4S/c1-16(2)18-6-12-22(13-7-18)32-15-17-4-3-5-19(14-17)23(29)26-27-24(33)25-20-8-10-21(11-9-20)28(30)31/h3-14,16H,15H2,1-2H3,(H,26,29)(H2,25,27,33). The van der Waals surface area contributed by atoms with Gasteiger partial charge in [-0.05, 0) is 65.7 Å². The number of hydrazine groups is 1. The van der Waals surface area contributed by atoms with E-state index in [1.54, 1.807) is 18.2 Å². The van der Waals surface area contributed by atoms with Crippen molar-refractivity contribution >= 4 is 34.6 Å². The molecule has 0 atom stereocenters. The maximum Gasteiger partial charge on any atom is 0.269 e. The number of ether oxygens (including phenoxy) is 1. The first-order chi connectivity index (χ1) is 15.8. The monoisotopic (exact) mass is 464 g/mol. The van der Waals surface area contributed by atoms with Crippen LogP contribution in [0.2, 0.25) is 0 Å². The molecule has 33 heavy (non-hydrogen) atoms. The van der Waals surface area contributed by atoms with Gasteiger partial charge >= 0.3 is 0 Å². The van der Waals surface area contributed by atoms with Gasteiger partial charge in [-0.1, -0.05) is 38.1 Å². The Labute approximate surface area is 197 Å². The number of thiocarbonyl (C=S) groups is 1. The van der Waals surface area contributed by atoms with Crippen molar-refractivity contribution in [2.24, 2.45) is 0 Å². The predicted octanol–water partition coefficient (Wildman–Crippen LogP) is 4.93. The highest BCUT2D eigenvalue weighted by Gasteiger charge is 2.09. The molecule has 3 rings (SSSR count). The fourth-order valence-corrected chi connectivity index (χ4v) is 3.10. The number of rotatable bonds is 7. The van der Waals surface area contributed by atoms with E-state index in [1.807, 2.05) is 30.3 Å². The first kappa shape index (κ1) is 23.7. The largest absolute Gasteiger partial charge is 0.489 e. The number of nitrogens with zero attached hydrogens (tertiary/aromatic N) is 1. The van der Waals surface area contributed by atoms with E-state index in [9.17, 15) is 14.9 Å². The number of non-ortho nitro benzene ring substituents is 1. The van der Waals surface area contributed by atoms with Crippen molar-refractivity contribution in [1.29, 1.82) is 0 Å². The number of carbonyl (C=O) groups is 1. The van der Waals surface area contributed by atoms with E-state index >= 15 is 0 Å². The highest BCUT2D eigenvalue weighted by molar-refractivity contribution is 7.80. The molecule has 8 nitrogen and oxygen atoms in total. The molecule has 0 aliphatic heterocycles. The van der Waals surface area contributed by atoms with Crippen molar-refractivity contribution < 1.29 is 14.5 Å². The van der Waals surface area contributed by atoms with Crippen LogP contribution in [0.4, 0.5) is 11.4 Å². The molecule has 3 N–H and O–H groups in total. The van der Waals surface area contributed by atoms with Crippen molar-refractivity contribution in [3.8, 4) is 5.75 Å². The van der Waals surface area contributed by atoms with Gasteiger partial charge < -0.3 is 10.1 Å². The molecule has 1 amide bonds. The lowest BCUT2D eigenvalue weighted by Gasteiger charge is -2.12. The maximum atomic E-state index is 12.5. The van der Waals surface area contributed by atoms with Crippen molar-refractivity contribution in [2.45, 2.75) is 26.4 Å². The molecule has 0 aliphatic rings. The Bertz CT molecular complexity index is 1130.